The summed E-state index contributed by atoms with van der Waals surface area (Å²) < 4.78 is 11.5. The van der Waals surface area contributed by atoms with Gasteiger partial charge in [-0.05, 0) is 6.42 Å². The first kappa shape index (κ1) is 19.8. The Balaban J connectivity index is 1.82. The van der Waals surface area contributed by atoms with Crippen LogP contribution in [-0.4, -0.2) is 16.8 Å². The monoisotopic (exact) mass is 382 g/mol. The van der Waals surface area contributed by atoms with E-state index in [0.29, 0.717) is 12.4 Å². The molecule has 0 aliphatic heterocycles. The molecule has 0 saturated heterocycles. The van der Waals surface area contributed by atoms with Gasteiger partial charge in [-0.2, -0.15) is 0 Å². The number of hydrogen-bond donors (Lipinski definition) is 2. The summed E-state index contributed by atoms with van der Waals surface area (Å²) in [6.07, 6.45) is 6.72. The number of unbranched alkanes of at least 4 members (excludes halogenated alkanes) is 5. The first-order valence-corrected chi connectivity index (χ1v) is 9.82. The number of phenols is 2. The predicted molar refractivity (Wildman–Crippen MR) is 110 cm³/mol. The second kappa shape index (κ2) is 9.31. The number of phenolic OH excluding ortho intramolecular Hbond substituents is 2. The van der Waals surface area contributed by atoms with Crippen LogP contribution < -0.4 is 10.2 Å². The van der Waals surface area contributed by atoms with Crippen molar-refractivity contribution in [2.24, 2.45) is 0 Å². The lowest BCUT2D eigenvalue weighted by atomic mass is 10.1. The van der Waals surface area contributed by atoms with Gasteiger partial charge in [0.15, 0.2) is 16.9 Å². The lowest BCUT2D eigenvalue weighted by Gasteiger charge is -2.11. The Hall–Kier alpha value is -2.95. The van der Waals surface area contributed by atoms with Gasteiger partial charge in [-0.3, -0.25) is 4.79 Å². The number of ether oxygens (including phenoxy) is 1. The Morgan fingerprint density at radius 3 is 2.39 bits per heavy atom. The van der Waals surface area contributed by atoms with E-state index in [-0.39, 0.29) is 16.7 Å². The molecule has 5 nitrogen and oxygen atoms in total. The van der Waals surface area contributed by atoms with Gasteiger partial charge in [0.1, 0.15) is 16.7 Å². The quantitative estimate of drug-likeness (QED) is 0.371. The number of rotatable bonds is 9. The van der Waals surface area contributed by atoms with E-state index in [9.17, 15) is 15.0 Å². The maximum atomic E-state index is 12.5. The van der Waals surface area contributed by atoms with E-state index in [1.54, 1.807) is 0 Å². The third-order valence-corrected chi connectivity index (χ3v) is 4.75. The van der Waals surface area contributed by atoms with Gasteiger partial charge in [-0.25, -0.2) is 0 Å². The Bertz CT molecular complexity index is 976. The first-order valence-electron chi connectivity index (χ1n) is 9.82. The van der Waals surface area contributed by atoms with Gasteiger partial charge < -0.3 is 19.4 Å². The molecule has 1 heterocycles. The van der Waals surface area contributed by atoms with Crippen LogP contribution in [0.5, 0.6) is 17.2 Å². The molecule has 0 unspecified atom stereocenters. The third-order valence-electron chi connectivity index (χ3n) is 4.75. The number of hydrogen-bond acceptors (Lipinski definition) is 5. The van der Waals surface area contributed by atoms with Crippen LogP contribution in [0.3, 0.4) is 0 Å². The van der Waals surface area contributed by atoms with Gasteiger partial charge in [-0.15, -0.1) is 0 Å². The van der Waals surface area contributed by atoms with Gasteiger partial charge in [0.2, 0.25) is 5.75 Å². The van der Waals surface area contributed by atoms with Crippen LogP contribution in [0.15, 0.2) is 51.7 Å². The standard InChI is InChI=1S/C23H26O5/c1-2-3-4-5-6-10-13-27-20-15-19-21(23(26)22(20)25)17(24)14-18(28-19)16-11-8-7-9-12-16/h7-9,11-12,14-15,25-26H,2-6,10,13H2,1H3. The molecule has 0 aliphatic carbocycles. The van der Waals surface area contributed by atoms with Crippen LogP contribution in [0.4, 0.5) is 0 Å². The SMILES string of the molecule is CCCCCCCCOc1cc2oc(-c3ccccc3)cc(=O)c2c(O)c1O. The lowest BCUT2D eigenvalue weighted by Crippen LogP contribution is -2.03. The molecular weight excluding hydrogens is 356 g/mol. The Labute approximate surface area is 164 Å². The minimum Gasteiger partial charge on any atom is -0.504 e. The van der Waals surface area contributed by atoms with Gasteiger partial charge in [0.25, 0.3) is 0 Å². The van der Waals surface area contributed by atoms with Crippen LogP contribution >= 0.6 is 0 Å². The summed E-state index contributed by atoms with van der Waals surface area (Å²) in [5.41, 5.74) is 0.513. The molecule has 1 aromatic heterocycles. The number of benzene rings is 2. The van der Waals surface area contributed by atoms with Crippen molar-refractivity contribution in [3.63, 3.8) is 0 Å². The minimum absolute atomic E-state index is 0.0518. The first-order chi connectivity index (χ1) is 13.6. The second-order valence-electron chi connectivity index (χ2n) is 6.90. The summed E-state index contributed by atoms with van der Waals surface area (Å²) in [6.45, 7) is 2.60. The normalized spacial score (nSPS) is 11.0. The molecule has 28 heavy (non-hydrogen) atoms. The molecule has 0 aliphatic rings. The summed E-state index contributed by atoms with van der Waals surface area (Å²) in [7, 11) is 0. The van der Waals surface area contributed by atoms with Crippen molar-refractivity contribution in [2.45, 2.75) is 45.4 Å². The molecule has 3 aromatic rings. The molecule has 3 rings (SSSR count). The molecule has 2 aromatic carbocycles. The topological polar surface area (TPSA) is 79.9 Å². The summed E-state index contributed by atoms with van der Waals surface area (Å²) in [5.74, 6) is -0.431. The fraction of sp³-hybridized carbons (Fsp3) is 0.348. The van der Waals surface area contributed by atoms with Gasteiger partial charge in [0.05, 0.1) is 6.61 Å². The smallest absolute Gasteiger partial charge is 0.201 e. The van der Waals surface area contributed by atoms with E-state index in [2.05, 4.69) is 6.92 Å². The number of aromatic hydroxyl groups is 2. The largest absolute Gasteiger partial charge is 0.504 e. The molecule has 0 spiro atoms. The molecule has 0 atom stereocenters. The molecule has 0 amide bonds. The zero-order chi connectivity index (χ0) is 19.9. The van der Waals surface area contributed by atoms with Crippen LogP contribution in [0.1, 0.15) is 45.4 Å². The summed E-state index contributed by atoms with van der Waals surface area (Å²) in [5, 5.41) is 20.5. The highest BCUT2D eigenvalue weighted by Crippen LogP contribution is 2.41. The van der Waals surface area contributed by atoms with Crippen molar-refractivity contribution >= 4 is 11.0 Å². The third kappa shape index (κ3) is 4.47. The van der Waals surface area contributed by atoms with Gasteiger partial charge in [-0.1, -0.05) is 69.4 Å². The van der Waals surface area contributed by atoms with Crippen LogP contribution in [-0.2, 0) is 0 Å². The van der Waals surface area contributed by atoms with Gasteiger partial charge in [0, 0.05) is 17.7 Å². The van der Waals surface area contributed by atoms with Crippen LogP contribution in [0, 0.1) is 0 Å². The Morgan fingerprint density at radius 1 is 0.929 bits per heavy atom. The van der Waals surface area contributed by atoms with Crippen molar-refractivity contribution in [1.29, 1.82) is 0 Å². The fourth-order valence-electron chi connectivity index (χ4n) is 3.19. The van der Waals surface area contributed by atoms with E-state index in [1.165, 1.54) is 31.4 Å². The van der Waals surface area contributed by atoms with E-state index in [0.717, 1.165) is 24.8 Å². The van der Waals surface area contributed by atoms with E-state index in [4.69, 9.17) is 9.15 Å². The maximum Gasteiger partial charge on any atom is 0.201 e. The zero-order valence-electron chi connectivity index (χ0n) is 16.1. The van der Waals surface area contributed by atoms with E-state index < -0.39 is 16.9 Å². The van der Waals surface area contributed by atoms with E-state index >= 15 is 0 Å². The van der Waals surface area contributed by atoms with Crippen molar-refractivity contribution in [3.05, 3.63) is 52.7 Å². The van der Waals surface area contributed by atoms with Crippen molar-refractivity contribution in [3.8, 4) is 28.6 Å². The van der Waals surface area contributed by atoms with Crippen molar-refractivity contribution < 1.29 is 19.4 Å². The highest BCUT2D eigenvalue weighted by Gasteiger charge is 2.18. The molecule has 0 radical (unpaired) electrons. The van der Waals surface area contributed by atoms with Crippen molar-refractivity contribution in [2.75, 3.05) is 6.61 Å². The molecule has 5 heteroatoms. The molecule has 0 fully saturated rings. The van der Waals surface area contributed by atoms with Crippen LogP contribution in [0.25, 0.3) is 22.3 Å². The Kier molecular flexibility index (Phi) is 6.58. The average molecular weight is 382 g/mol. The summed E-state index contributed by atoms with van der Waals surface area (Å²) in [4.78, 5) is 12.5. The minimum atomic E-state index is -0.510. The van der Waals surface area contributed by atoms with Crippen molar-refractivity contribution in [1.82, 2.24) is 0 Å². The molecule has 2 N–H and O–H groups in total. The van der Waals surface area contributed by atoms with Crippen LogP contribution in [0.2, 0.25) is 0 Å². The highest BCUT2D eigenvalue weighted by molar-refractivity contribution is 5.89. The summed E-state index contributed by atoms with van der Waals surface area (Å²) in [6, 6.07) is 12.0. The molecule has 148 valence electrons. The maximum absolute atomic E-state index is 12.5. The molecule has 0 saturated carbocycles. The molecule has 0 bridgehead atoms. The highest BCUT2D eigenvalue weighted by atomic mass is 16.5. The average Bonchev–Trinajstić information content (AvgIpc) is 2.71. The van der Waals surface area contributed by atoms with E-state index in [1.807, 2.05) is 30.3 Å². The van der Waals surface area contributed by atoms with Gasteiger partial charge >= 0.3 is 0 Å². The summed E-state index contributed by atoms with van der Waals surface area (Å²) >= 11 is 0. The fourth-order valence-corrected chi connectivity index (χ4v) is 3.19. The predicted octanol–water partition coefficient (Wildman–Crippen LogP) is 5.61. The lowest BCUT2D eigenvalue weighted by molar-refractivity contribution is 0.283. The zero-order valence-corrected chi connectivity index (χ0v) is 16.1. The molecular formula is C23H26O5. The second-order valence-corrected chi connectivity index (χ2v) is 6.90. The Morgan fingerprint density at radius 2 is 1.64 bits per heavy atom. The number of fused-ring (bicyclic) bond motifs is 1.